The standard InChI is InChI=1S/C9H19NO3S/c11-7-3-1-2-4-10-5-8-14(12,13)9-6-10/h11H,1-9H2. The van der Waals surface area contributed by atoms with E-state index in [-0.39, 0.29) is 6.61 Å². The summed E-state index contributed by atoms with van der Waals surface area (Å²) >= 11 is 0. The molecule has 0 bridgehead atoms. The van der Waals surface area contributed by atoms with Gasteiger partial charge in [0.2, 0.25) is 0 Å². The summed E-state index contributed by atoms with van der Waals surface area (Å²) in [6.45, 7) is 2.59. The Hall–Kier alpha value is -0.130. The van der Waals surface area contributed by atoms with Gasteiger partial charge in [-0.05, 0) is 25.8 Å². The number of unbranched alkanes of at least 4 members (excludes halogenated alkanes) is 2. The smallest absolute Gasteiger partial charge is 0.152 e. The second kappa shape index (κ2) is 5.68. The first kappa shape index (κ1) is 11.9. The highest BCUT2D eigenvalue weighted by Crippen LogP contribution is 2.05. The van der Waals surface area contributed by atoms with E-state index in [0.29, 0.717) is 24.6 Å². The third kappa shape index (κ3) is 4.39. The Bertz CT molecular complexity index is 237. The largest absolute Gasteiger partial charge is 0.396 e. The average Bonchev–Trinajstić information content (AvgIpc) is 2.15. The quantitative estimate of drug-likeness (QED) is 0.658. The maximum Gasteiger partial charge on any atom is 0.152 e. The molecular formula is C9H19NO3S. The summed E-state index contributed by atoms with van der Waals surface area (Å²) < 4.78 is 22.2. The second-order valence-corrected chi connectivity index (χ2v) is 6.08. The highest BCUT2D eigenvalue weighted by atomic mass is 32.2. The predicted octanol–water partition coefficient (Wildman–Crippen LogP) is -0.121. The highest BCUT2D eigenvalue weighted by molar-refractivity contribution is 7.91. The van der Waals surface area contributed by atoms with Crippen molar-refractivity contribution in [2.24, 2.45) is 0 Å². The van der Waals surface area contributed by atoms with Gasteiger partial charge in [0.05, 0.1) is 11.5 Å². The maximum absolute atomic E-state index is 11.1. The van der Waals surface area contributed by atoms with Crippen LogP contribution in [-0.2, 0) is 9.84 Å². The summed E-state index contributed by atoms with van der Waals surface area (Å²) in [5.74, 6) is 0.625. The molecular weight excluding hydrogens is 202 g/mol. The van der Waals surface area contributed by atoms with E-state index in [0.717, 1.165) is 25.8 Å². The fourth-order valence-electron chi connectivity index (χ4n) is 1.60. The Morgan fingerprint density at radius 2 is 1.71 bits per heavy atom. The normalized spacial score (nSPS) is 22.4. The second-order valence-electron chi connectivity index (χ2n) is 3.78. The van der Waals surface area contributed by atoms with Crippen molar-refractivity contribution in [2.75, 3.05) is 37.7 Å². The van der Waals surface area contributed by atoms with Gasteiger partial charge in [-0.15, -0.1) is 0 Å². The molecule has 1 rings (SSSR count). The molecule has 0 radical (unpaired) electrons. The molecule has 0 aliphatic carbocycles. The van der Waals surface area contributed by atoms with Gasteiger partial charge in [-0.1, -0.05) is 0 Å². The lowest BCUT2D eigenvalue weighted by atomic mass is 10.2. The molecule has 0 aromatic carbocycles. The van der Waals surface area contributed by atoms with Crippen LogP contribution in [0.25, 0.3) is 0 Å². The van der Waals surface area contributed by atoms with Gasteiger partial charge < -0.3 is 10.0 Å². The van der Waals surface area contributed by atoms with Crippen LogP contribution in [0.5, 0.6) is 0 Å². The summed E-state index contributed by atoms with van der Waals surface area (Å²) in [7, 11) is -2.73. The fourth-order valence-corrected chi connectivity index (χ4v) is 2.87. The number of aliphatic hydroxyl groups excluding tert-OH is 1. The van der Waals surface area contributed by atoms with Crippen LogP contribution in [0.1, 0.15) is 19.3 Å². The Morgan fingerprint density at radius 1 is 1.07 bits per heavy atom. The molecule has 0 spiro atoms. The average molecular weight is 221 g/mol. The van der Waals surface area contributed by atoms with Crippen molar-refractivity contribution < 1.29 is 13.5 Å². The van der Waals surface area contributed by atoms with Gasteiger partial charge >= 0.3 is 0 Å². The highest BCUT2D eigenvalue weighted by Gasteiger charge is 2.20. The Labute approximate surface area is 85.8 Å². The summed E-state index contributed by atoms with van der Waals surface area (Å²) in [6, 6.07) is 0. The number of rotatable bonds is 5. The Morgan fingerprint density at radius 3 is 2.29 bits per heavy atom. The number of hydrogen-bond acceptors (Lipinski definition) is 4. The van der Waals surface area contributed by atoms with Gasteiger partial charge in [-0.2, -0.15) is 0 Å². The first-order chi connectivity index (χ1) is 6.64. The van der Waals surface area contributed by atoms with Crippen LogP contribution in [0.15, 0.2) is 0 Å². The molecule has 1 fully saturated rings. The summed E-state index contributed by atoms with van der Waals surface area (Å²) in [4.78, 5) is 2.19. The SMILES string of the molecule is O=S1(=O)CCN(CCCCCO)CC1. The molecule has 84 valence electrons. The van der Waals surface area contributed by atoms with Gasteiger partial charge in [0.1, 0.15) is 0 Å². The Kier molecular flexibility index (Phi) is 4.84. The molecule has 1 aliphatic heterocycles. The zero-order valence-corrected chi connectivity index (χ0v) is 9.30. The van der Waals surface area contributed by atoms with Crippen molar-refractivity contribution in [1.29, 1.82) is 0 Å². The van der Waals surface area contributed by atoms with Gasteiger partial charge in [0.25, 0.3) is 0 Å². The summed E-state index contributed by atoms with van der Waals surface area (Å²) in [5, 5.41) is 8.58. The lowest BCUT2D eigenvalue weighted by molar-refractivity contribution is 0.263. The van der Waals surface area contributed by atoms with E-state index in [2.05, 4.69) is 4.90 Å². The van der Waals surface area contributed by atoms with E-state index < -0.39 is 9.84 Å². The number of sulfone groups is 1. The summed E-state index contributed by atoms with van der Waals surface area (Å²) in [5.41, 5.74) is 0. The molecule has 0 aromatic rings. The van der Waals surface area contributed by atoms with E-state index in [1.54, 1.807) is 0 Å². The first-order valence-corrected chi connectivity index (χ1v) is 7.00. The lowest BCUT2D eigenvalue weighted by Crippen LogP contribution is -2.40. The van der Waals surface area contributed by atoms with E-state index in [1.165, 1.54) is 0 Å². The van der Waals surface area contributed by atoms with Crippen molar-refractivity contribution in [2.45, 2.75) is 19.3 Å². The fraction of sp³-hybridized carbons (Fsp3) is 1.00. The van der Waals surface area contributed by atoms with Crippen molar-refractivity contribution >= 4 is 9.84 Å². The minimum Gasteiger partial charge on any atom is -0.396 e. The van der Waals surface area contributed by atoms with E-state index in [9.17, 15) is 8.42 Å². The molecule has 4 nitrogen and oxygen atoms in total. The molecule has 1 saturated heterocycles. The maximum atomic E-state index is 11.1. The monoisotopic (exact) mass is 221 g/mol. The summed E-state index contributed by atoms with van der Waals surface area (Å²) in [6.07, 6.45) is 2.94. The van der Waals surface area contributed by atoms with Crippen LogP contribution in [-0.4, -0.2) is 56.2 Å². The van der Waals surface area contributed by atoms with Crippen LogP contribution >= 0.6 is 0 Å². The lowest BCUT2D eigenvalue weighted by Gasteiger charge is -2.26. The molecule has 0 aromatic heterocycles. The van der Waals surface area contributed by atoms with Crippen LogP contribution in [0.2, 0.25) is 0 Å². The van der Waals surface area contributed by atoms with Crippen LogP contribution in [0.3, 0.4) is 0 Å². The third-order valence-electron chi connectivity index (χ3n) is 2.57. The van der Waals surface area contributed by atoms with Crippen molar-refractivity contribution in [3.8, 4) is 0 Å². The van der Waals surface area contributed by atoms with E-state index >= 15 is 0 Å². The zero-order chi connectivity index (χ0) is 10.4. The topological polar surface area (TPSA) is 57.6 Å². The van der Waals surface area contributed by atoms with Gasteiger partial charge in [0.15, 0.2) is 9.84 Å². The molecule has 1 N–H and O–H groups in total. The molecule has 0 unspecified atom stereocenters. The molecule has 1 heterocycles. The Balaban J connectivity index is 2.10. The minimum atomic E-state index is -2.73. The molecule has 5 heteroatoms. The van der Waals surface area contributed by atoms with Gasteiger partial charge in [0, 0.05) is 19.7 Å². The van der Waals surface area contributed by atoms with Crippen molar-refractivity contribution in [1.82, 2.24) is 4.90 Å². The van der Waals surface area contributed by atoms with Gasteiger partial charge in [-0.3, -0.25) is 0 Å². The van der Waals surface area contributed by atoms with Crippen LogP contribution in [0, 0.1) is 0 Å². The van der Waals surface area contributed by atoms with Crippen LogP contribution in [0.4, 0.5) is 0 Å². The van der Waals surface area contributed by atoms with Gasteiger partial charge in [-0.25, -0.2) is 8.42 Å². The van der Waals surface area contributed by atoms with Crippen LogP contribution < -0.4 is 0 Å². The zero-order valence-electron chi connectivity index (χ0n) is 8.48. The van der Waals surface area contributed by atoms with E-state index in [1.807, 2.05) is 0 Å². The molecule has 0 atom stereocenters. The molecule has 0 amide bonds. The minimum absolute atomic E-state index is 0.258. The molecule has 0 saturated carbocycles. The third-order valence-corrected chi connectivity index (χ3v) is 4.18. The number of hydrogen-bond donors (Lipinski definition) is 1. The molecule has 14 heavy (non-hydrogen) atoms. The number of aliphatic hydroxyl groups is 1. The number of nitrogens with zero attached hydrogens (tertiary/aromatic N) is 1. The van der Waals surface area contributed by atoms with E-state index in [4.69, 9.17) is 5.11 Å². The van der Waals surface area contributed by atoms with Crippen molar-refractivity contribution in [3.05, 3.63) is 0 Å². The van der Waals surface area contributed by atoms with Crippen molar-refractivity contribution in [3.63, 3.8) is 0 Å². The molecule has 1 aliphatic rings. The predicted molar refractivity (Wildman–Crippen MR) is 56.0 cm³/mol. The first-order valence-electron chi connectivity index (χ1n) is 5.18.